The van der Waals surface area contributed by atoms with Gasteiger partial charge in [-0.2, -0.15) is 0 Å². The maximum atomic E-state index is 13.5. The van der Waals surface area contributed by atoms with Gasteiger partial charge in [-0.25, -0.2) is 4.39 Å². The number of nitrogens with one attached hydrogen (secondary N) is 1. The van der Waals surface area contributed by atoms with Crippen LogP contribution in [-0.4, -0.2) is 7.05 Å². The predicted molar refractivity (Wildman–Crippen MR) is 74.3 cm³/mol. The lowest BCUT2D eigenvalue weighted by atomic mass is 9.77. The van der Waals surface area contributed by atoms with Gasteiger partial charge >= 0.3 is 0 Å². The zero-order valence-electron chi connectivity index (χ0n) is 11.0. The molecule has 0 heterocycles. The summed E-state index contributed by atoms with van der Waals surface area (Å²) in [6.07, 6.45) is 4.99. The number of hydrogen-bond donors (Lipinski definition) is 1. The van der Waals surface area contributed by atoms with E-state index in [0.717, 1.165) is 11.5 Å². The van der Waals surface area contributed by atoms with E-state index < -0.39 is 0 Å². The fourth-order valence-corrected chi connectivity index (χ4v) is 3.12. The third-order valence-corrected chi connectivity index (χ3v) is 4.45. The molecule has 0 bridgehead atoms. The monoisotopic (exact) mass is 269 g/mol. The summed E-state index contributed by atoms with van der Waals surface area (Å²) in [7, 11) is 1.95. The maximum Gasteiger partial charge on any atom is 0.142 e. The highest BCUT2D eigenvalue weighted by molar-refractivity contribution is 6.30. The molecule has 1 N–H and O–H groups in total. The molecule has 1 fully saturated rings. The predicted octanol–water partition coefficient (Wildman–Crippen LogP) is 4.57. The second-order valence-electron chi connectivity index (χ2n) is 5.46. The van der Waals surface area contributed by atoms with Crippen LogP contribution in [-0.2, 0) is 0 Å². The zero-order chi connectivity index (χ0) is 13.1. The topological polar surface area (TPSA) is 12.0 Å². The van der Waals surface area contributed by atoms with Crippen molar-refractivity contribution < 1.29 is 4.39 Å². The highest BCUT2D eigenvalue weighted by Gasteiger charge is 2.26. The van der Waals surface area contributed by atoms with E-state index in [2.05, 4.69) is 12.2 Å². The van der Waals surface area contributed by atoms with Crippen LogP contribution >= 0.6 is 11.6 Å². The first-order valence-electron chi connectivity index (χ1n) is 6.74. The van der Waals surface area contributed by atoms with Crippen molar-refractivity contribution in [3.63, 3.8) is 0 Å². The minimum atomic E-state index is -0.321. The molecular formula is C15H21ClFN. The molecule has 0 radical (unpaired) electrons. The van der Waals surface area contributed by atoms with Gasteiger partial charge in [0, 0.05) is 6.04 Å². The maximum absolute atomic E-state index is 13.5. The third-order valence-electron chi connectivity index (χ3n) is 4.15. The van der Waals surface area contributed by atoms with Crippen LogP contribution < -0.4 is 5.32 Å². The molecule has 0 saturated heterocycles. The first-order chi connectivity index (χ1) is 8.61. The SMILES string of the molecule is CNC(c1ccc(Cl)c(F)c1)C1CCC(C)CC1. The van der Waals surface area contributed by atoms with Gasteiger partial charge in [0.05, 0.1) is 5.02 Å². The van der Waals surface area contributed by atoms with Crippen LogP contribution in [0.4, 0.5) is 4.39 Å². The van der Waals surface area contributed by atoms with Crippen molar-refractivity contribution in [2.24, 2.45) is 11.8 Å². The summed E-state index contributed by atoms with van der Waals surface area (Å²) in [5.74, 6) is 1.12. The Hall–Kier alpha value is -0.600. The smallest absolute Gasteiger partial charge is 0.142 e. The second kappa shape index (κ2) is 6.03. The summed E-state index contributed by atoms with van der Waals surface area (Å²) < 4.78 is 13.5. The molecule has 1 saturated carbocycles. The van der Waals surface area contributed by atoms with E-state index >= 15 is 0 Å². The van der Waals surface area contributed by atoms with E-state index in [-0.39, 0.29) is 16.9 Å². The lowest BCUT2D eigenvalue weighted by Gasteiger charge is -2.33. The van der Waals surface area contributed by atoms with Gasteiger partial charge in [0.15, 0.2) is 0 Å². The van der Waals surface area contributed by atoms with Crippen LogP contribution in [0.5, 0.6) is 0 Å². The van der Waals surface area contributed by atoms with Crippen molar-refractivity contribution in [2.45, 2.75) is 38.6 Å². The molecule has 100 valence electrons. The Morgan fingerprint density at radius 3 is 2.50 bits per heavy atom. The van der Waals surface area contributed by atoms with E-state index in [4.69, 9.17) is 11.6 Å². The lowest BCUT2D eigenvalue weighted by molar-refractivity contribution is 0.237. The molecule has 0 aromatic heterocycles. The molecular weight excluding hydrogens is 249 g/mol. The van der Waals surface area contributed by atoms with Gasteiger partial charge in [-0.15, -0.1) is 0 Å². The van der Waals surface area contributed by atoms with Gasteiger partial charge in [0.1, 0.15) is 5.82 Å². The van der Waals surface area contributed by atoms with Crippen LogP contribution in [0.15, 0.2) is 18.2 Å². The van der Waals surface area contributed by atoms with Crippen molar-refractivity contribution in [2.75, 3.05) is 7.05 Å². The van der Waals surface area contributed by atoms with Gasteiger partial charge < -0.3 is 5.32 Å². The standard InChI is InChI=1S/C15H21ClFN/c1-10-3-5-11(6-4-10)15(18-2)12-7-8-13(16)14(17)9-12/h7-11,15,18H,3-6H2,1-2H3. The molecule has 1 atom stereocenters. The fourth-order valence-electron chi connectivity index (χ4n) is 3.00. The summed E-state index contributed by atoms with van der Waals surface area (Å²) in [6, 6.07) is 5.40. The Bertz CT molecular complexity index is 399. The second-order valence-corrected chi connectivity index (χ2v) is 5.87. The van der Waals surface area contributed by atoms with Gasteiger partial charge in [-0.1, -0.05) is 37.4 Å². The summed E-state index contributed by atoms with van der Waals surface area (Å²) >= 11 is 5.74. The van der Waals surface area contributed by atoms with E-state index in [0.29, 0.717) is 5.92 Å². The van der Waals surface area contributed by atoms with Crippen LogP contribution in [0, 0.1) is 17.7 Å². The molecule has 0 amide bonds. The molecule has 0 spiro atoms. The Balaban J connectivity index is 2.14. The number of halogens is 2. The van der Waals surface area contributed by atoms with Crippen LogP contribution in [0.1, 0.15) is 44.2 Å². The summed E-state index contributed by atoms with van der Waals surface area (Å²) in [6.45, 7) is 2.31. The normalized spacial score (nSPS) is 26.0. The van der Waals surface area contributed by atoms with Crippen LogP contribution in [0.2, 0.25) is 5.02 Å². The largest absolute Gasteiger partial charge is 0.313 e. The van der Waals surface area contributed by atoms with E-state index in [1.54, 1.807) is 12.1 Å². The molecule has 1 unspecified atom stereocenters. The minimum absolute atomic E-state index is 0.200. The number of hydrogen-bond acceptors (Lipinski definition) is 1. The first-order valence-corrected chi connectivity index (χ1v) is 7.11. The fraction of sp³-hybridized carbons (Fsp3) is 0.600. The summed E-state index contributed by atoms with van der Waals surface area (Å²) in [4.78, 5) is 0. The lowest BCUT2D eigenvalue weighted by Crippen LogP contribution is -2.28. The minimum Gasteiger partial charge on any atom is -0.313 e. The van der Waals surface area contributed by atoms with Crippen molar-refractivity contribution in [1.29, 1.82) is 0 Å². The quantitative estimate of drug-likeness (QED) is 0.848. The average Bonchev–Trinajstić information content (AvgIpc) is 2.37. The summed E-state index contributed by atoms with van der Waals surface area (Å²) in [5.41, 5.74) is 1.01. The molecule has 1 aliphatic rings. The highest BCUT2D eigenvalue weighted by Crippen LogP contribution is 2.37. The molecule has 0 aliphatic heterocycles. The average molecular weight is 270 g/mol. The first kappa shape index (κ1) is 13.8. The third kappa shape index (κ3) is 3.04. The van der Waals surface area contributed by atoms with Crippen LogP contribution in [0.3, 0.4) is 0 Å². The van der Waals surface area contributed by atoms with Crippen LogP contribution in [0.25, 0.3) is 0 Å². The van der Waals surface area contributed by atoms with E-state index in [1.807, 2.05) is 13.1 Å². The van der Waals surface area contributed by atoms with Crippen molar-refractivity contribution in [3.05, 3.63) is 34.6 Å². The Kier molecular flexibility index (Phi) is 4.63. The van der Waals surface area contributed by atoms with Gasteiger partial charge in [0.2, 0.25) is 0 Å². The van der Waals surface area contributed by atoms with E-state index in [1.165, 1.54) is 25.7 Å². The Labute approximate surface area is 114 Å². The van der Waals surface area contributed by atoms with Gasteiger partial charge in [0.25, 0.3) is 0 Å². The number of benzene rings is 1. The Morgan fingerprint density at radius 1 is 1.28 bits per heavy atom. The molecule has 2 rings (SSSR count). The molecule has 1 aromatic carbocycles. The van der Waals surface area contributed by atoms with E-state index in [9.17, 15) is 4.39 Å². The van der Waals surface area contributed by atoms with Crippen molar-refractivity contribution >= 4 is 11.6 Å². The van der Waals surface area contributed by atoms with Crippen molar-refractivity contribution in [1.82, 2.24) is 5.32 Å². The van der Waals surface area contributed by atoms with Crippen molar-refractivity contribution in [3.8, 4) is 0 Å². The molecule has 1 aliphatic carbocycles. The van der Waals surface area contributed by atoms with Gasteiger partial charge in [-0.3, -0.25) is 0 Å². The molecule has 18 heavy (non-hydrogen) atoms. The van der Waals surface area contributed by atoms with Gasteiger partial charge in [-0.05, 0) is 49.4 Å². The zero-order valence-corrected chi connectivity index (χ0v) is 11.8. The molecule has 3 heteroatoms. The summed E-state index contributed by atoms with van der Waals surface area (Å²) in [5, 5.41) is 3.54. The molecule has 1 aromatic rings. The highest BCUT2D eigenvalue weighted by atomic mass is 35.5. The molecule has 1 nitrogen and oxygen atoms in total. The Morgan fingerprint density at radius 2 is 1.94 bits per heavy atom. The number of rotatable bonds is 3.